The van der Waals surface area contributed by atoms with E-state index in [2.05, 4.69) is 6.58 Å². The fraction of sp³-hybridized carbons (Fsp3) is 0.684. The van der Waals surface area contributed by atoms with Crippen LogP contribution in [0.25, 0.3) is 0 Å². The number of aliphatic hydroxyl groups is 2. The number of carboxylic acids is 1. The van der Waals surface area contributed by atoms with E-state index in [0.29, 0.717) is 31.3 Å². The van der Waals surface area contributed by atoms with Crippen LogP contribution in [0.4, 0.5) is 0 Å². The average molecular weight is 384 g/mol. The van der Waals surface area contributed by atoms with Crippen molar-refractivity contribution in [3.63, 3.8) is 0 Å². The van der Waals surface area contributed by atoms with E-state index in [4.69, 9.17) is 4.74 Å². The Kier molecular flexibility index (Phi) is 3.95. The number of rotatable bonds is 1. The zero-order valence-corrected chi connectivity index (χ0v) is 18.2. The zero-order valence-electron chi connectivity index (χ0n) is 15.0. The van der Waals surface area contributed by atoms with Crippen LogP contribution in [-0.2, 0) is 14.3 Å². The van der Waals surface area contributed by atoms with Crippen LogP contribution in [0.1, 0.15) is 32.6 Å². The summed E-state index contributed by atoms with van der Waals surface area (Å²) in [6.45, 7) is 5.60. The molecule has 7 heteroatoms. The molecule has 2 N–H and O–H groups in total. The van der Waals surface area contributed by atoms with E-state index in [1.165, 1.54) is 0 Å². The Morgan fingerprint density at radius 3 is 2.81 bits per heavy atom. The summed E-state index contributed by atoms with van der Waals surface area (Å²) in [7, 11) is 0. The molecule has 4 aliphatic carbocycles. The minimum absolute atomic E-state index is 0. The van der Waals surface area contributed by atoms with Crippen LogP contribution in [0, 0.1) is 28.6 Å². The molecule has 4 bridgehead atoms. The first kappa shape index (κ1) is 19.3. The van der Waals surface area contributed by atoms with Gasteiger partial charge in [-0.2, -0.15) is 0 Å². The molecule has 6 nitrogen and oxygen atoms in total. The van der Waals surface area contributed by atoms with Crippen molar-refractivity contribution >= 4 is 11.9 Å². The van der Waals surface area contributed by atoms with Gasteiger partial charge in [-0.05, 0) is 49.7 Å². The Bertz CT molecular complexity index is 778. The SMILES string of the molecule is C=C1C[C@]23C[C@@]1(O)CCC2[C@@]12C=CC(O)[C@@](C)(C(=O)O1)C2C3C(=O)[O-].[K+]. The van der Waals surface area contributed by atoms with Gasteiger partial charge in [0.2, 0.25) is 0 Å². The van der Waals surface area contributed by atoms with Crippen molar-refractivity contribution in [2.75, 3.05) is 0 Å². The van der Waals surface area contributed by atoms with Gasteiger partial charge in [-0.1, -0.05) is 12.7 Å². The number of fused-ring (bicyclic) bond motifs is 1. The molecule has 0 amide bonds. The van der Waals surface area contributed by atoms with Crippen LogP contribution in [0.3, 0.4) is 0 Å². The van der Waals surface area contributed by atoms with Gasteiger partial charge >= 0.3 is 57.4 Å². The molecule has 0 aromatic heterocycles. The molecule has 1 saturated heterocycles. The standard InChI is InChI=1S/C19H22O6.K/c1-9-7-17-8-18(9,24)5-3-10(17)19-6-4-11(20)16(2,15(23)25-19)13(19)12(17)14(21)22;/h4,6,10-13,20,24H,1,3,5,7-8H2,2H3,(H,21,22);/q;+1/p-1/t10?,11?,12?,13?,16-,17+,18+,19-;/m1./s1. The molecule has 26 heavy (non-hydrogen) atoms. The molecule has 0 aromatic rings. The summed E-state index contributed by atoms with van der Waals surface area (Å²) in [6.07, 6.45) is 3.91. The Balaban J connectivity index is 0.00000168. The molecule has 4 fully saturated rings. The quantitative estimate of drug-likeness (QED) is 0.279. The predicted molar refractivity (Wildman–Crippen MR) is 82.5 cm³/mol. The Hall–Kier alpha value is -0.0236. The van der Waals surface area contributed by atoms with Crippen molar-refractivity contribution in [1.29, 1.82) is 0 Å². The van der Waals surface area contributed by atoms with Gasteiger partial charge in [0.15, 0.2) is 0 Å². The Morgan fingerprint density at radius 1 is 1.46 bits per heavy atom. The number of hydrogen-bond donors (Lipinski definition) is 2. The van der Waals surface area contributed by atoms with Crippen molar-refractivity contribution in [2.45, 2.75) is 49.9 Å². The Labute approximate surface area is 194 Å². The molecule has 0 aromatic carbocycles. The minimum Gasteiger partial charge on any atom is -0.550 e. The first-order valence-corrected chi connectivity index (χ1v) is 8.84. The number of carbonyl (C=O) groups is 2. The van der Waals surface area contributed by atoms with Gasteiger partial charge < -0.3 is 24.9 Å². The summed E-state index contributed by atoms with van der Waals surface area (Å²) in [5, 5.41) is 33.7. The fourth-order valence-corrected chi connectivity index (χ4v) is 7.11. The summed E-state index contributed by atoms with van der Waals surface area (Å²) in [4.78, 5) is 24.9. The summed E-state index contributed by atoms with van der Waals surface area (Å²) < 4.78 is 5.85. The van der Waals surface area contributed by atoms with Crippen molar-refractivity contribution in [3.8, 4) is 0 Å². The van der Waals surface area contributed by atoms with E-state index in [1.54, 1.807) is 19.1 Å². The minimum atomic E-state index is -1.31. The second kappa shape index (κ2) is 5.31. The normalized spacial score (nSPS) is 55.8. The summed E-state index contributed by atoms with van der Waals surface area (Å²) in [5.74, 6) is -3.67. The second-order valence-electron chi connectivity index (χ2n) is 8.92. The third kappa shape index (κ3) is 1.79. The molecule has 5 rings (SSSR count). The predicted octanol–water partition coefficient (Wildman–Crippen LogP) is -3.30. The van der Waals surface area contributed by atoms with E-state index in [1.807, 2.05) is 0 Å². The van der Waals surface area contributed by atoms with E-state index in [9.17, 15) is 24.9 Å². The van der Waals surface area contributed by atoms with Gasteiger partial charge in [-0.15, -0.1) is 0 Å². The van der Waals surface area contributed by atoms with Crippen LogP contribution in [0.5, 0.6) is 0 Å². The van der Waals surface area contributed by atoms with Crippen molar-refractivity contribution < 1.29 is 81.0 Å². The van der Waals surface area contributed by atoms with Gasteiger partial charge in [0.25, 0.3) is 0 Å². The van der Waals surface area contributed by atoms with Gasteiger partial charge in [0.1, 0.15) is 11.0 Å². The van der Waals surface area contributed by atoms with Gasteiger partial charge in [-0.3, -0.25) is 4.79 Å². The maximum atomic E-state index is 12.7. The monoisotopic (exact) mass is 384 g/mol. The van der Waals surface area contributed by atoms with Gasteiger partial charge in [-0.25, -0.2) is 0 Å². The van der Waals surface area contributed by atoms with Crippen molar-refractivity contribution in [2.24, 2.45) is 28.6 Å². The van der Waals surface area contributed by atoms with E-state index >= 15 is 0 Å². The smallest absolute Gasteiger partial charge is 0.550 e. The number of carbonyl (C=O) groups excluding carboxylic acids is 2. The van der Waals surface area contributed by atoms with Crippen LogP contribution in [-0.4, -0.2) is 39.5 Å². The molecule has 4 unspecified atom stereocenters. The molecule has 3 saturated carbocycles. The van der Waals surface area contributed by atoms with E-state index < -0.39 is 51.9 Å². The number of carboxylic acid groups (broad SMARTS) is 1. The van der Waals surface area contributed by atoms with Crippen LogP contribution in [0.2, 0.25) is 0 Å². The molecule has 1 spiro atoms. The third-order valence-electron chi connectivity index (χ3n) is 8.11. The number of aliphatic hydroxyl groups excluding tert-OH is 1. The molecule has 1 heterocycles. The first-order chi connectivity index (χ1) is 11.6. The maximum Gasteiger partial charge on any atom is 1.00 e. The number of hydrogen-bond acceptors (Lipinski definition) is 6. The molecular weight excluding hydrogens is 363 g/mol. The average Bonchev–Trinajstić information content (AvgIpc) is 2.95. The molecule has 1 aliphatic heterocycles. The van der Waals surface area contributed by atoms with E-state index in [0.717, 1.165) is 0 Å². The Morgan fingerprint density at radius 2 is 2.15 bits per heavy atom. The van der Waals surface area contributed by atoms with Gasteiger partial charge in [0.05, 0.1) is 11.7 Å². The summed E-state index contributed by atoms with van der Waals surface area (Å²) in [6, 6.07) is 0. The van der Waals surface area contributed by atoms with E-state index in [-0.39, 0.29) is 57.3 Å². The van der Waals surface area contributed by atoms with Crippen LogP contribution >= 0.6 is 0 Å². The number of aliphatic carboxylic acids is 1. The first-order valence-electron chi connectivity index (χ1n) is 8.84. The molecular formula is C19H21KO6. The van der Waals surface area contributed by atoms with Crippen molar-refractivity contribution in [1.82, 2.24) is 0 Å². The summed E-state index contributed by atoms with van der Waals surface area (Å²) >= 11 is 0. The maximum absolute atomic E-state index is 12.7. The largest absolute Gasteiger partial charge is 1.00 e. The zero-order chi connectivity index (χ0) is 18.0. The van der Waals surface area contributed by atoms with Crippen LogP contribution < -0.4 is 56.5 Å². The van der Waals surface area contributed by atoms with Gasteiger partial charge in [0, 0.05) is 23.7 Å². The van der Waals surface area contributed by atoms with Crippen LogP contribution in [0.15, 0.2) is 24.3 Å². The summed E-state index contributed by atoms with van der Waals surface area (Å²) in [5.41, 5.74) is -3.49. The molecule has 5 aliphatic rings. The number of esters is 1. The second-order valence-corrected chi connectivity index (χ2v) is 8.92. The van der Waals surface area contributed by atoms with Crippen molar-refractivity contribution in [3.05, 3.63) is 24.3 Å². The topological polar surface area (TPSA) is 107 Å². The molecule has 134 valence electrons. The molecule has 0 radical (unpaired) electrons. The number of ether oxygens (including phenoxy) is 1. The fourth-order valence-electron chi connectivity index (χ4n) is 7.11. The third-order valence-corrected chi connectivity index (χ3v) is 8.11. The molecule has 8 atom stereocenters.